The zero-order valence-corrected chi connectivity index (χ0v) is 12.8. The maximum Gasteiger partial charge on any atom is 0.264 e. The predicted octanol–water partition coefficient (Wildman–Crippen LogP) is 1.50. The summed E-state index contributed by atoms with van der Waals surface area (Å²) < 4.78 is 11.3. The number of benzene rings is 1. The Kier molecular flexibility index (Phi) is 5.31. The van der Waals surface area contributed by atoms with Gasteiger partial charge in [-0.3, -0.25) is 4.79 Å². The Morgan fingerprint density at radius 2 is 2.10 bits per heavy atom. The molecule has 2 aliphatic heterocycles. The van der Waals surface area contributed by atoms with E-state index in [0.29, 0.717) is 17.5 Å². The fourth-order valence-electron chi connectivity index (χ4n) is 2.71. The number of rotatable bonds is 2. The number of carbonyl (C=O) groups is 1. The maximum absolute atomic E-state index is 12.2. The van der Waals surface area contributed by atoms with Gasteiger partial charge in [-0.2, -0.15) is 0 Å². The highest BCUT2D eigenvalue weighted by molar-refractivity contribution is 5.85. The van der Waals surface area contributed by atoms with Crippen molar-refractivity contribution in [3.05, 3.63) is 24.3 Å². The quantitative estimate of drug-likeness (QED) is 0.869. The second-order valence-corrected chi connectivity index (χ2v) is 5.45. The van der Waals surface area contributed by atoms with E-state index in [1.807, 2.05) is 24.3 Å². The fourth-order valence-corrected chi connectivity index (χ4v) is 2.71. The van der Waals surface area contributed by atoms with Crippen LogP contribution in [0.15, 0.2) is 24.3 Å². The number of para-hydroxylation sites is 2. The predicted molar refractivity (Wildman–Crippen MR) is 82.2 cm³/mol. The van der Waals surface area contributed by atoms with Crippen molar-refractivity contribution in [3.8, 4) is 11.5 Å². The lowest BCUT2D eigenvalue weighted by Crippen LogP contribution is -2.51. The summed E-state index contributed by atoms with van der Waals surface area (Å²) in [5, 5.41) is 6.44. The number of hydrogen-bond donors (Lipinski definition) is 2. The largest absolute Gasteiger partial charge is 0.485 e. The van der Waals surface area contributed by atoms with Crippen LogP contribution in [0.2, 0.25) is 0 Å². The molecule has 2 heterocycles. The smallest absolute Gasteiger partial charge is 0.264 e. The first-order valence-electron chi connectivity index (χ1n) is 7.14. The van der Waals surface area contributed by atoms with Crippen LogP contribution in [0.5, 0.6) is 11.5 Å². The zero-order chi connectivity index (χ0) is 13.9. The third kappa shape index (κ3) is 3.80. The average molecular weight is 313 g/mol. The van der Waals surface area contributed by atoms with Gasteiger partial charge in [0.2, 0.25) is 6.10 Å². The first kappa shape index (κ1) is 15.9. The Labute approximate surface area is 130 Å². The molecule has 3 rings (SSSR count). The van der Waals surface area contributed by atoms with Crippen molar-refractivity contribution in [3.63, 3.8) is 0 Å². The number of hydrogen-bond acceptors (Lipinski definition) is 4. The summed E-state index contributed by atoms with van der Waals surface area (Å²) in [7, 11) is 0. The molecule has 21 heavy (non-hydrogen) atoms. The number of halogens is 1. The van der Waals surface area contributed by atoms with Gasteiger partial charge >= 0.3 is 0 Å². The van der Waals surface area contributed by atoms with Crippen LogP contribution in [0.4, 0.5) is 0 Å². The van der Waals surface area contributed by atoms with E-state index in [-0.39, 0.29) is 31.0 Å². The van der Waals surface area contributed by atoms with Gasteiger partial charge in [0.05, 0.1) is 0 Å². The number of amides is 1. The third-order valence-corrected chi connectivity index (χ3v) is 3.77. The first-order valence-corrected chi connectivity index (χ1v) is 7.14. The summed E-state index contributed by atoms with van der Waals surface area (Å²) in [5.41, 5.74) is 0. The lowest BCUT2D eigenvalue weighted by atomic mass is 10.0. The fraction of sp³-hybridized carbons (Fsp3) is 0.533. The van der Waals surface area contributed by atoms with Crippen LogP contribution >= 0.6 is 12.4 Å². The molecule has 0 radical (unpaired) electrons. The minimum absolute atomic E-state index is 0. The number of piperidine rings is 1. The van der Waals surface area contributed by atoms with E-state index in [9.17, 15) is 4.79 Å². The van der Waals surface area contributed by atoms with Gasteiger partial charge in [-0.1, -0.05) is 12.1 Å². The SMILES string of the molecule is CC1CC(NC(=O)C2COc3ccccc3O2)CCN1.Cl. The average Bonchev–Trinajstić information content (AvgIpc) is 2.47. The second kappa shape index (κ2) is 7.00. The van der Waals surface area contributed by atoms with E-state index in [4.69, 9.17) is 9.47 Å². The van der Waals surface area contributed by atoms with Crippen molar-refractivity contribution >= 4 is 18.3 Å². The van der Waals surface area contributed by atoms with Gasteiger partial charge in [-0.15, -0.1) is 12.4 Å². The van der Waals surface area contributed by atoms with E-state index in [2.05, 4.69) is 17.6 Å². The number of nitrogens with one attached hydrogen (secondary N) is 2. The van der Waals surface area contributed by atoms with Crippen LogP contribution in [-0.4, -0.2) is 37.2 Å². The monoisotopic (exact) mass is 312 g/mol. The van der Waals surface area contributed by atoms with Crippen molar-refractivity contribution in [1.29, 1.82) is 0 Å². The van der Waals surface area contributed by atoms with Crippen LogP contribution in [0.25, 0.3) is 0 Å². The molecule has 0 aliphatic carbocycles. The standard InChI is InChI=1S/C15H20N2O3.ClH/c1-10-8-11(6-7-16-10)17-15(18)14-9-19-12-4-2-3-5-13(12)20-14;/h2-5,10-11,14,16H,6-9H2,1H3,(H,17,18);1H. The van der Waals surface area contributed by atoms with Gasteiger partial charge in [0.1, 0.15) is 6.61 Å². The summed E-state index contributed by atoms with van der Waals surface area (Å²) in [5.74, 6) is 1.25. The lowest BCUT2D eigenvalue weighted by Gasteiger charge is -2.31. The molecule has 1 aromatic rings. The van der Waals surface area contributed by atoms with E-state index in [1.165, 1.54) is 0 Å². The zero-order valence-electron chi connectivity index (χ0n) is 12.0. The first-order chi connectivity index (χ1) is 9.72. The van der Waals surface area contributed by atoms with Crippen molar-refractivity contribution < 1.29 is 14.3 Å². The highest BCUT2D eigenvalue weighted by atomic mass is 35.5. The molecular formula is C15H21ClN2O3. The molecule has 0 aromatic heterocycles. The van der Waals surface area contributed by atoms with Crippen LogP contribution < -0.4 is 20.1 Å². The van der Waals surface area contributed by atoms with Crippen LogP contribution in [0.3, 0.4) is 0 Å². The molecule has 3 atom stereocenters. The molecule has 116 valence electrons. The van der Waals surface area contributed by atoms with Gasteiger partial charge in [0, 0.05) is 12.1 Å². The van der Waals surface area contributed by atoms with Gasteiger partial charge in [0.25, 0.3) is 5.91 Å². The molecule has 1 aromatic carbocycles. The van der Waals surface area contributed by atoms with Crippen molar-refractivity contribution in [1.82, 2.24) is 10.6 Å². The number of carbonyl (C=O) groups excluding carboxylic acids is 1. The molecule has 2 N–H and O–H groups in total. The topological polar surface area (TPSA) is 59.6 Å². The van der Waals surface area contributed by atoms with Gasteiger partial charge in [-0.05, 0) is 38.4 Å². The Morgan fingerprint density at radius 1 is 1.33 bits per heavy atom. The summed E-state index contributed by atoms with van der Waals surface area (Å²) >= 11 is 0. The van der Waals surface area contributed by atoms with E-state index < -0.39 is 6.10 Å². The second-order valence-electron chi connectivity index (χ2n) is 5.45. The van der Waals surface area contributed by atoms with E-state index >= 15 is 0 Å². The molecule has 2 aliphatic rings. The number of ether oxygens (including phenoxy) is 2. The summed E-state index contributed by atoms with van der Waals surface area (Å²) in [4.78, 5) is 12.2. The Balaban J connectivity index is 0.00000161. The molecule has 1 saturated heterocycles. The molecular weight excluding hydrogens is 292 g/mol. The molecule has 3 unspecified atom stereocenters. The molecule has 5 nitrogen and oxygen atoms in total. The Hall–Kier alpha value is -1.46. The van der Waals surface area contributed by atoms with Gasteiger partial charge in [0.15, 0.2) is 11.5 Å². The molecule has 1 fully saturated rings. The minimum Gasteiger partial charge on any atom is -0.485 e. The van der Waals surface area contributed by atoms with Gasteiger partial charge < -0.3 is 20.1 Å². The Bertz CT molecular complexity index is 498. The van der Waals surface area contributed by atoms with Crippen LogP contribution in [-0.2, 0) is 4.79 Å². The summed E-state index contributed by atoms with van der Waals surface area (Å²) in [6.07, 6.45) is 1.35. The maximum atomic E-state index is 12.2. The summed E-state index contributed by atoms with van der Waals surface area (Å²) in [6, 6.07) is 8.09. The Morgan fingerprint density at radius 3 is 2.86 bits per heavy atom. The van der Waals surface area contributed by atoms with Gasteiger partial charge in [-0.25, -0.2) is 0 Å². The highest BCUT2D eigenvalue weighted by Crippen LogP contribution is 2.30. The molecule has 1 amide bonds. The van der Waals surface area contributed by atoms with Crippen molar-refractivity contribution in [2.75, 3.05) is 13.2 Å². The van der Waals surface area contributed by atoms with Crippen LogP contribution in [0, 0.1) is 0 Å². The highest BCUT2D eigenvalue weighted by Gasteiger charge is 2.29. The third-order valence-electron chi connectivity index (χ3n) is 3.77. The van der Waals surface area contributed by atoms with E-state index in [0.717, 1.165) is 19.4 Å². The van der Waals surface area contributed by atoms with Crippen LogP contribution in [0.1, 0.15) is 19.8 Å². The molecule has 0 spiro atoms. The molecule has 6 heteroatoms. The number of fused-ring (bicyclic) bond motifs is 1. The lowest BCUT2D eigenvalue weighted by molar-refractivity contribution is -0.131. The molecule has 0 bridgehead atoms. The summed E-state index contributed by atoms with van der Waals surface area (Å²) in [6.45, 7) is 3.34. The van der Waals surface area contributed by atoms with Crippen molar-refractivity contribution in [2.24, 2.45) is 0 Å². The van der Waals surface area contributed by atoms with E-state index in [1.54, 1.807) is 0 Å². The minimum atomic E-state index is -0.560. The van der Waals surface area contributed by atoms with Crippen molar-refractivity contribution in [2.45, 2.75) is 38.0 Å². The normalized spacial score (nSPS) is 27.4. The molecule has 0 saturated carbocycles.